The molecule has 0 aliphatic heterocycles. The Labute approximate surface area is 95.1 Å². The minimum Gasteiger partial charge on any atom is -0.508 e. The highest BCUT2D eigenvalue weighted by atomic mass is 16.6. The van der Waals surface area contributed by atoms with Gasteiger partial charge < -0.3 is 5.11 Å². The first-order valence-corrected chi connectivity index (χ1v) is 5.53. The van der Waals surface area contributed by atoms with E-state index >= 15 is 0 Å². The monoisotopic (exact) mass is 223 g/mol. The fourth-order valence-electron chi connectivity index (χ4n) is 1.72. The molecule has 88 valence electrons. The minimum absolute atomic E-state index is 0.0381. The molecule has 4 heteroatoms. The zero-order chi connectivity index (χ0) is 12.1. The summed E-state index contributed by atoms with van der Waals surface area (Å²) in [5.74, 6) is 0.300. The van der Waals surface area contributed by atoms with Crippen molar-refractivity contribution in [3.8, 4) is 5.75 Å². The average Bonchev–Trinajstić information content (AvgIpc) is 2.26. The number of nitro groups is 1. The van der Waals surface area contributed by atoms with Gasteiger partial charge in [0.1, 0.15) is 5.75 Å². The van der Waals surface area contributed by atoms with Crippen LogP contribution in [0.3, 0.4) is 0 Å². The van der Waals surface area contributed by atoms with Crippen molar-refractivity contribution >= 4 is 5.69 Å². The van der Waals surface area contributed by atoms with Crippen molar-refractivity contribution in [2.24, 2.45) is 0 Å². The van der Waals surface area contributed by atoms with Gasteiger partial charge in [-0.1, -0.05) is 26.7 Å². The fourth-order valence-corrected chi connectivity index (χ4v) is 1.72. The van der Waals surface area contributed by atoms with Gasteiger partial charge in [-0.3, -0.25) is 10.1 Å². The maximum absolute atomic E-state index is 10.6. The number of unbranched alkanes of at least 4 members (excludes halogenated alkanes) is 1. The van der Waals surface area contributed by atoms with E-state index in [1.165, 1.54) is 18.2 Å². The van der Waals surface area contributed by atoms with Crippen LogP contribution in [0.4, 0.5) is 5.69 Å². The van der Waals surface area contributed by atoms with E-state index in [0.29, 0.717) is 5.56 Å². The van der Waals surface area contributed by atoms with Crippen molar-refractivity contribution in [2.45, 2.75) is 39.0 Å². The Hall–Kier alpha value is -1.58. The highest BCUT2D eigenvalue weighted by molar-refractivity contribution is 5.44. The number of phenolic OH excluding ortho intramolecular Hbond substituents is 1. The first-order chi connectivity index (χ1) is 7.56. The van der Waals surface area contributed by atoms with Crippen molar-refractivity contribution in [2.75, 3.05) is 0 Å². The molecule has 16 heavy (non-hydrogen) atoms. The number of hydrogen-bond donors (Lipinski definition) is 1. The van der Waals surface area contributed by atoms with Crippen molar-refractivity contribution in [1.82, 2.24) is 0 Å². The molecular weight excluding hydrogens is 206 g/mol. The summed E-state index contributed by atoms with van der Waals surface area (Å²) in [5, 5.41) is 20.3. The van der Waals surface area contributed by atoms with Gasteiger partial charge in [0.05, 0.1) is 4.92 Å². The lowest BCUT2D eigenvalue weighted by Crippen LogP contribution is -1.96. The predicted octanol–water partition coefficient (Wildman–Crippen LogP) is 3.59. The molecule has 0 aromatic heterocycles. The van der Waals surface area contributed by atoms with Gasteiger partial charge in [-0.25, -0.2) is 0 Å². The lowest BCUT2D eigenvalue weighted by Gasteiger charge is -2.12. The molecule has 4 nitrogen and oxygen atoms in total. The van der Waals surface area contributed by atoms with Crippen molar-refractivity contribution in [1.29, 1.82) is 0 Å². The van der Waals surface area contributed by atoms with E-state index < -0.39 is 4.92 Å². The predicted molar refractivity (Wildman–Crippen MR) is 62.7 cm³/mol. The number of nitrogens with zero attached hydrogens (tertiary/aromatic N) is 1. The maximum atomic E-state index is 10.6. The Morgan fingerprint density at radius 1 is 1.50 bits per heavy atom. The molecule has 1 unspecified atom stereocenters. The van der Waals surface area contributed by atoms with Crippen LogP contribution in [0.1, 0.15) is 44.6 Å². The van der Waals surface area contributed by atoms with Crippen molar-refractivity contribution < 1.29 is 10.0 Å². The van der Waals surface area contributed by atoms with Gasteiger partial charge in [-0.2, -0.15) is 0 Å². The molecule has 1 atom stereocenters. The Kier molecular flexibility index (Phi) is 4.28. The smallest absolute Gasteiger partial charge is 0.269 e. The molecule has 1 rings (SSSR count). The highest BCUT2D eigenvalue weighted by Crippen LogP contribution is 2.32. The molecule has 0 aliphatic carbocycles. The van der Waals surface area contributed by atoms with Gasteiger partial charge in [0, 0.05) is 17.7 Å². The highest BCUT2D eigenvalue weighted by Gasteiger charge is 2.15. The Morgan fingerprint density at radius 3 is 2.75 bits per heavy atom. The molecule has 0 aliphatic rings. The van der Waals surface area contributed by atoms with Gasteiger partial charge in [0.15, 0.2) is 0 Å². The number of nitro benzene ring substituents is 1. The van der Waals surface area contributed by atoms with Crippen LogP contribution in [-0.4, -0.2) is 10.0 Å². The lowest BCUT2D eigenvalue weighted by molar-refractivity contribution is -0.385. The molecule has 0 saturated heterocycles. The normalized spacial score (nSPS) is 12.4. The molecular formula is C12H17NO3. The fraction of sp³-hybridized carbons (Fsp3) is 0.500. The van der Waals surface area contributed by atoms with Crippen LogP contribution < -0.4 is 0 Å². The molecule has 0 spiro atoms. The van der Waals surface area contributed by atoms with Crippen LogP contribution in [0.25, 0.3) is 0 Å². The van der Waals surface area contributed by atoms with Gasteiger partial charge in [-0.15, -0.1) is 0 Å². The van der Waals surface area contributed by atoms with Gasteiger partial charge >= 0.3 is 0 Å². The number of benzene rings is 1. The Morgan fingerprint density at radius 2 is 2.19 bits per heavy atom. The summed E-state index contributed by atoms with van der Waals surface area (Å²) in [7, 11) is 0. The molecule has 1 N–H and O–H groups in total. The molecule has 0 bridgehead atoms. The first-order valence-electron chi connectivity index (χ1n) is 5.53. The van der Waals surface area contributed by atoms with E-state index in [0.717, 1.165) is 19.3 Å². The van der Waals surface area contributed by atoms with Crippen LogP contribution in [0, 0.1) is 10.1 Å². The molecule has 0 amide bonds. The SMILES string of the molecule is CCCCC(C)c1cc([N+](=O)[O-])ccc1O. The molecule has 0 saturated carbocycles. The summed E-state index contributed by atoms with van der Waals surface area (Å²) in [6.45, 7) is 4.08. The third-order valence-corrected chi connectivity index (χ3v) is 2.74. The number of phenols is 1. The molecule has 0 radical (unpaired) electrons. The first kappa shape index (κ1) is 12.5. The average molecular weight is 223 g/mol. The van der Waals surface area contributed by atoms with Crippen LogP contribution in [0.5, 0.6) is 5.75 Å². The number of non-ortho nitro benzene ring substituents is 1. The number of hydrogen-bond acceptors (Lipinski definition) is 3. The van der Waals surface area contributed by atoms with Crippen LogP contribution in [-0.2, 0) is 0 Å². The van der Waals surface area contributed by atoms with Crippen LogP contribution >= 0.6 is 0 Å². The van der Waals surface area contributed by atoms with Crippen LogP contribution in [0.2, 0.25) is 0 Å². The summed E-state index contributed by atoms with van der Waals surface area (Å²) < 4.78 is 0. The van der Waals surface area contributed by atoms with Crippen molar-refractivity contribution in [3.05, 3.63) is 33.9 Å². The largest absolute Gasteiger partial charge is 0.508 e. The third-order valence-electron chi connectivity index (χ3n) is 2.74. The summed E-state index contributed by atoms with van der Waals surface area (Å²) in [6.07, 6.45) is 3.08. The lowest BCUT2D eigenvalue weighted by atomic mass is 9.94. The quantitative estimate of drug-likeness (QED) is 0.612. The second-order valence-electron chi connectivity index (χ2n) is 4.04. The van der Waals surface area contributed by atoms with E-state index in [9.17, 15) is 15.2 Å². The second-order valence-corrected chi connectivity index (χ2v) is 4.04. The molecule has 1 aromatic rings. The molecule has 1 aromatic carbocycles. The van der Waals surface area contributed by atoms with Crippen LogP contribution in [0.15, 0.2) is 18.2 Å². The number of aromatic hydroxyl groups is 1. The zero-order valence-electron chi connectivity index (χ0n) is 9.64. The van der Waals surface area contributed by atoms with E-state index in [-0.39, 0.29) is 17.4 Å². The van der Waals surface area contributed by atoms with E-state index in [1.54, 1.807) is 0 Å². The topological polar surface area (TPSA) is 63.4 Å². The van der Waals surface area contributed by atoms with E-state index in [2.05, 4.69) is 6.92 Å². The minimum atomic E-state index is -0.435. The standard InChI is InChI=1S/C12H17NO3/c1-3-4-5-9(2)11-8-10(13(15)16)6-7-12(11)14/h6-9,14H,3-5H2,1-2H3. The van der Waals surface area contributed by atoms with Gasteiger partial charge in [-0.05, 0) is 18.4 Å². The summed E-state index contributed by atoms with van der Waals surface area (Å²) in [4.78, 5) is 10.2. The third kappa shape index (κ3) is 2.95. The second kappa shape index (κ2) is 5.49. The molecule has 0 heterocycles. The van der Waals surface area contributed by atoms with Gasteiger partial charge in [0.25, 0.3) is 5.69 Å². The van der Waals surface area contributed by atoms with Crippen molar-refractivity contribution in [3.63, 3.8) is 0 Å². The number of rotatable bonds is 5. The van der Waals surface area contributed by atoms with E-state index in [1.807, 2.05) is 6.92 Å². The maximum Gasteiger partial charge on any atom is 0.269 e. The molecule has 0 fully saturated rings. The summed E-state index contributed by atoms with van der Waals surface area (Å²) in [6, 6.07) is 4.19. The Bertz CT molecular complexity index is 377. The summed E-state index contributed by atoms with van der Waals surface area (Å²) >= 11 is 0. The van der Waals surface area contributed by atoms with E-state index in [4.69, 9.17) is 0 Å². The van der Waals surface area contributed by atoms with Gasteiger partial charge in [0.2, 0.25) is 0 Å². The summed E-state index contributed by atoms with van der Waals surface area (Å²) in [5.41, 5.74) is 0.707. The zero-order valence-corrected chi connectivity index (χ0v) is 9.64. The Balaban J connectivity index is 2.92.